The van der Waals surface area contributed by atoms with E-state index < -0.39 is 0 Å². The quantitative estimate of drug-likeness (QED) is 0.483. The van der Waals surface area contributed by atoms with Crippen LogP contribution in [0.15, 0.2) is 28.7 Å². The smallest absolute Gasteiger partial charge is 0.410 e. The van der Waals surface area contributed by atoms with Crippen molar-refractivity contribution in [3.05, 3.63) is 28.7 Å². The van der Waals surface area contributed by atoms with Crippen LogP contribution in [0.3, 0.4) is 0 Å². The third-order valence-electron chi connectivity index (χ3n) is 6.11. The molecule has 1 heterocycles. The van der Waals surface area contributed by atoms with E-state index in [1.165, 1.54) is 63.2 Å². The molecular weight excluding hydrogens is 436 g/mol. The number of benzene rings is 1. The Morgan fingerprint density at radius 1 is 1.14 bits per heavy atom. The van der Waals surface area contributed by atoms with E-state index in [-0.39, 0.29) is 6.09 Å². The fourth-order valence-corrected chi connectivity index (χ4v) is 5.48. The van der Waals surface area contributed by atoms with Gasteiger partial charge in [0.05, 0.1) is 0 Å². The fraction of sp³-hybridized carbons (Fsp3) is 0.682. The van der Waals surface area contributed by atoms with Gasteiger partial charge in [-0.15, -0.1) is 0 Å². The Balaban J connectivity index is 1.31. The number of hydrogen-bond donors (Lipinski definition) is 0. The molecule has 0 unspecified atom stereocenters. The lowest BCUT2D eigenvalue weighted by Crippen LogP contribution is -2.41. The van der Waals surface area contributed by atoms with Gasteiger partial charge >= 0.3 is 6.09 Å². The van der Waals surface area contributed by atoms with E-state index in [0.717, 1.165) is 23.2 Å². The van der Waals surface area contributed by atoms with Crippen LogP contribution in [0.25, 0.3) is 0 Å². The number of carbonyl (C=O) groups excluding carboxylic acids is 1. The predicted octanol–water partition coefficient (Wildman–Crippen LogP) is 5.66. The van der Waals surface area contributed by atoms with Crippen LogP contribution in [0.2, 0.25) is 0 Å². The highest BCUT2D eigenvalue weighted by atomic mass is 79.9. The zero-order valence-corrected chi connectivity index (χ0v) is 19.3. The van der Waals surface area contributed by atoms with Crippen LogP contribution in [-0.2, 0) is 0 Å². The SMILES string of the molecule is CN(C(=O)Oc1ccc(Br)cc1)[C@H]1CC[C@H](CCCCN2CCSCC2)CC1. The molecule has 4 nitrogen and oxygen atoms in total. The molecule has 2 aliphatic rings. The summed E-state index contributed by atoms with van der Waals surface area (Å²) in [4.78, 5) is 16.8. The number of nitrogens with zero attached hydrogens (tertiary/aromatic N) is 2. The standard InChI is InChI=1S/C22H33BrN2O2S/c1-24(22(26)27-21-11-7-19(23)8-12-21)20-9-5-18(6-10-20)4-2-3-13-25-14-16-28-17-15-25/h7-8,11-12,18,20H,2-6,9-10,13-17H2,1H3/t18-,20-. The molecule has 1 aromatic rings. The summed E-state index contributed by atoms with van der Waals surface area (Å²) in [7, 11) is 1.88. The van der Waals surface area contributed by atoms with Crippen LogP contribution in [0.1, 0.15) is 44.9 Å². The van der Waals surface area contributed by atoms with Crippen LogP contribution in [0.4, 0.5) is 4.79 Å². The number of hydrogen-bond acceptors (Lipinski definition) is 4. The second-order valence-corrected chi connectivity index (χ2v) is 10.2. The molecule has 6 heteroatoms. The minimum absolute atomic E-state index is 0.245. The van der Waals surface area contributed by atoms with E-state index in [1.807, 2.05) is 31.3 Å². The summed E-state index contributed by atoms with van der Waals surface area (Å²) in [5, 5.41) is 0. The summed E-state index contributed by atoms with van der Waals surface area (Å²) in [5.74, 6) is 4.05. The number of unbranched alkanes of at least 4 members (excludes halogenated alkanes) is 1. The van der Waals surface area contributed by atoms with Crippen molar-refractivity contribution in [2.45, 2.75) is 51.0 Å². The summed E-state index contributed by atoms with van der Waals surface area (Å²) in [6.45, 7) is 3.83. The molecular formula is C22H33BrN2O2S. The van der Waals surface area contributed by atoms with Gasteiger partial charge in [0, 0.05) is 42.2 Å². The third kappa shape index (κ3) is 6.96. The van der Waals surface area contributed by atoms with E-state index in [2.05, 4.69) is 32.6 Å². The predicted molar refractivity (Wildman–Crippen MR) is 121 cm³/mol. The van der Waals surface area contributed by atoms with E-state index >= 15 is 0 Å². The van der Waals surface area contributed by atoms with Gasteiger partial charge in [-0.05, 0) is 68.8 Å². The Labute approximate surface area is 182 Å². The number of amides is 1. The van der Waals surface area contributed by atoms with Gasteiger partial charge in [0.1, 0.15) is 5.75 Å². The first-order valence-corrected chi connectivity index (χ1v) is 12.6. The molecule has 156 valence electrons. The van der Waals surface area contributed by atoms with Crippen molar-refractivity contribution in [3.63, 3.8) is 0 Å². The van der Waals surface area contributed by atoms with E-state index in [4.69, 9.17) is 4.74 Å². The highest BCUT2D eigenvalue weighted by Gasteiger charge is 2.27. The van der Waals surface area contributed by atoms with Crippen LogP contribution >= 0.6 is 27.7 Å². The first kappa shape index (κ1) is 22.0. The van der Waals surface area contributed by atoms with Gasteiger partial charge < -0.3 is 14.5 Å². The highest BCUT2D eigenvalue weighted by molar-refractivity contribution is 9.10. The average Bonchev–Trinajstić information content (AvgIpc) is 2.73. The van der Waals surface area contributed by atoms with Crippen molar-refractivity contribution >= 4 is 33.8 Å². The van der Waals surface area contributed by atoms with E-state index in [1.54, 1.807) is 4.90 Å². The Morgan fingerprint density at radius 3 is 2.50 bits per heavy atom. The molecule has 1 aliphatic carbocycles. The molecule has 0 spiro atoms. The third-order valence-corrected chi connectivity index (χ3v) is 7.58. The van der Waals surface area contributed by atoms with Crippen molar-refractivity contribution in [3.8, 4) is 5.75 Å². The second-order valence-electron chi connectivity index (χ2n) is 8.06. The number of rotatable bonds is 7. The molecule has 1 amide bonds. The molecule has 0 atom stereocenters. The molecule has 0 bridgehead atoms. The molecule has 1 saturated carbocycles. The molecule has 0 aromatic heterocycles. The zero-order chi connectivity index (χ0) is 19.8. The molecule has 0 radical (unpaired) electrons. The summed E-state index contributed by atoms with van der Waals surface area (Å²) in [5.41, 5.74) is 0. The van der Waals surface area contributed by atoms with Gasteiger partial charge in [-0.1, -0.05) is 28.8 Å². The second kappa shape index (κ2) is 11.5. The van der Waals surface area contributed by atoms with Crippen LogP contribution in [0, 0.1) is 5.92 Å². The Bertz CT molecular complexity index is 599. The Hall–Kier alpha value is -0.720. The van der Waals surface area contributed by atoms with Gasteiger partial charge in [0.25, 0.3) is 0 Å². The summed E-state index contributed by atoms with van der Waals surface area (Å²) in [6.07, 6.45) is 8.46. The summed E-state index contributed by atoms with van der Waals surface area (Å²) < 4.78 is 6.49. The van der Waals surface area contributed by atoms with Crippen LogP contribution < -0.4 is 4.74 Å². The minimum atomic E-state index is -0.245. The summed E-state index contributed by atoms with van der Waals surface area (Å²) in [6, 6.07) is 7.71. The lowest BCUT2D eigenvalue weighted by atomic mass is 9.82. The minimum Gasteiger partial charge on any atom is -0.410 e. The van der Waals surface area contributed by atoms with Crippen molar-refractivity contribution in [1.29, 1.82) is 0 Å². The fourth-order valence-electron chi connectivity index (χ4n) is 4.24. The first-order chi connectivity index (χ1) is 13.6. The maximum absolute atomic E-state index is 12.4. The van der Waals surface area contributed by atoms with Crippen molar-refractivity contribution in [2.24, 2.45) is 5.92 Å². The zero-order valence-electron chi connectivity index (χ0n) is 16.9. The average molecular weight is 469 g/mol. The number of thioether (sulfide) groups is 1. The molecule has 28 heavy (non-hydrogen) atoms. The first-order valence-electron chi connectivity index (χ1n) is 10.6. The Kier molecular flexibility index (Phi) is 9.00. The molecule has 2 fully saturated rings. The van der Waals surface area contributed by atoms with Gasteiger partial charge in [-0.25, -0.2) is 4.79 Å². The van der Waals surface area contributed by atoms with E-state index in [9.17, 15) is 4.79 Å². The van der Waals surface area contributed by atoms with E-state index in [0.29, 0.717) is 11.8 Å². The number of ether oxygens (including phenoxy) is 1. The lowest BCUT2D eigenvalue weighted by Gasteiger charge is -2.34. The number of carbonyl (C=O) groups is 1. The molecule has 3 rings (SSSR count). The normalized spacial score (nSPS) is 23.4. The van der Waals surface area contributed by atoms with Crippen molar-refractivity contribution in [1.82, 2.24) is 9.80 Å². The van der Waals surface area contributed by atoms with Crippen LogP contribution in [0.5, 0.6) is 5.75 Å². The van der Waals surface area contributed by atoms with Crippen molar-refractivity contribution < 1.29 is 9.53 Å². The molecule has 1 saturated heterocycles. The molecule has 0 N–H and O–H groups in total. The maximum atomic E-state index is 12.4. The van der Waals surface area contributed by atoms with Gasteiger partial charge in [0.15, 0.2) is 0 Å². The topological polar surface area (TPSA) is 32.8 Å². The van der Waals surface area contributed by atoms with Gasteiger partial charge in [-0.3, -0.25) is 0 Å². The van der Waals surface area contributed by atoms with Gasteiger partial charge in [-0.2, -0.15) is 11.8 Å². The summed E-state index contributed by atoms with van der Waals surface area (Å²) >= 11 is 5.48. The maximum Gasteiger partial charge on any atom is 0.415 e. The lowest BCUT2D eigenvalue weighted by molar-refractivity contribution is 0.123. The van der Waals surface area contributed by atoms with Crippen LogP contribution in [-0.4, -0.2) is 60.1 Å². The van der Waals surface area contributed by atoms with Gasteiger partial charge in [0.2, 0.25) is 0 Å². The molecule has 1 aromatic carbocycles. The Morgan fingerprint density at radius 2 is 1.82 bits per heavy atom. The number of halogens is 1. The van der Waals surface area contributed by atoms with Crippen molar-refractivity contribution in [2.75, 3.05) is 38.2 Å². The highest BCUT2D eigenvalue weighted by Crippen LogP contribution is 2.31. The molecule has 1 aliphatic heterocycles. The monoisotopic (exact) mass is 468 g/mol. The largest absolute Gasteiger partial charge is 0.415 e.